The van der Waals surface area contributed by atoms with Crippen LogP contribution in [0, 0.1) is 5.92 Å². The van der Waals surface area contributed by atoms with Crippen molar-refractivity contribution in [2.75, 3.05) is 6.61 Å². The predicted octanol–water partition coefficient (Wildman–Crippen LogP) is 3.18. The average Bonchev–Trinajstić information content (AvgIpc) is 2.20. The first-order valence-corrected chi connectivity index (χ1v) is 5.85. The Labute approximate surface area is 94.3 Å². The molecule has 0 fully saturated rings. The Hall–Kier alpha value is -0.340. The molecule has 0 saturated carbocycles. The summed E-state index contributed by atoms with van der Waals surface area (Å²) in [6, 6.07) is 6.29. The molecule has 0 aliphatic heterocycles. The molecular weight excluding hydrogens is 240 g/mol. The third kappa shape index (κ3) is 2.82. The Bertz CT molecular complexity index is 296. The van der Waals surface area contributed by atoms with Gasteiger partial charge in [0.15, 0.2) is 0 Å². The highest BCUT2D eigenvalue weighted by Crippen LogP contribution is 2.24. The van der Waals surface area contributed by atoms with Gasteiger partial charge in [0, 0.05) is 11.1 Å². The van der Waals surface area contributed by atoms with E-state index in [-0.39, 0.29) is 6.61 Å². The van der Waals surface area contributed by atoms with E-state index in [4.69, 9.17) is 5.11 Å². The van der Waals surface area contributed by atoms with Crippen LogP contribution in [-0.2, 0) is 12.8 Å². The van der Waals surface area contributed by atoms with Crippen molar-refractivity contribution < 1.29 is 5.11 Å². The lowest BCUT2D eigenvalue weighted by molar-refractivity contribution is 0.236. The van der Waals surface area contributed by atoms with Crippen molar-refractivity contribution in [1.82, 2.24) is 0 Å². The van der Waals surface area contributed by atoms with Gasteiger partial charge < -0.3 is 5.11 Å². The molecule has 0 radical (unpaired) electrons. The summed E-state index contributed by atoms with van der Waals surface area (Å²) < 4.78 is 1.16. The number of hydrogen-bond donors (Lipinski definition) is 1. The molecule has 0 heterocycles. The zero-order valence-corrected chi connectivity index (χ0v) is 10.3. The van der Waals surface area contributed by atoms with E-state index in [2.05, 4.69) is 48.0 Å². The summed E-state index contributed by atoms with van der Waals surface area (Å²) >= 11 is 3.56. The predicted molar refractivity (Wildman–Crippen MR) is 63.5 cm³/mol. The van der Waals surface area contributed by atoms with E-state index in [1.807, 2.05) is 0 Å². The van der Waals surface area contributed by atoms with Crippen molar-refractivity contribution >= 4 is 15.9 Å². The van der Waals surface area contributed by atoms with E-state index in [1.165, 1.54) is 11.1 Å². The molecule has 1 aromatic carbocycles. The van der Waals surface area contributed by atoms with E-state index in [0.717, 1.165) is 17.3 Å². The van der Waals surface area contributed by atoms with Crippen molar-refractivity contribution in [2.45, 2.75) is 26.7 Å². The van der Waals surface area contributed by atoms with Crippen molar-refractivity contribution in [3.05, 3.63) is 33.8 Å². The first-order chi connectivity index (χ1) is 6.69. The first kappa shape index (κ1) is 11.7. The average molecular weight is 257 g/mol. The Morgan fingerprint density at radius 2 is 2.14 bits per heavy atom. The topological polar surface area (TPSA) is 20.2 Å². The zero-order chi connectivity index (χ0) is 10.6. The molecule has 1 N–H and O–H groups in total. The third-order valence-electron chi connectivity index (χ3n) is 2.46. The summed E-state index contributed by atoms with van der Waals surface area (Å²) in [6.07, 6.45) is 1.99. The van der Waals surface area contributed by atoms with E-state index in [1.54, 1.807) is 0 Å². The standard InChI is InChI=1S/C12H17BrO/c1-3-10-5-4-6-12(13)11(10)7-9(2)8-14/h4-6,9,14H,3,7-8H2,1-2H3/t9-/m1/s1. The van der Waals surface area contributed by atoms with Crippen LogP contribution in [0.25, 0.3) is 0 Å². The van der Waals surface area contributed by atoms with Crippen LogP contribution in [0.3, 0.4) is 0 Å². The fraction of sp³-hybridized carbons (Fsp3) is 0.500. The van der Waals surface area contributed by atoms with Gasteiger partial charge in [0.1, 0.15) is 0 Å². The summed E-state index contributed by atoms with van der Waals surface area (Å²) in [6.45, 7) is 4.48. The Kier molecular flexibility index (Phi) is 4.63. The smallest absolute Gasteiger partial charge is 0.0459 e. The van der Waals surface area contributed by atoms with Gasteiger partial charge >= 0.3 is 0 Å². The van der Waals surface area contributed by atoms with Crippen molar-refractivity contribution in [1.29, 1.82) is 0 Å². The summed E-state index contributed by atoms with van der Waals surface area (Å²) in [5.74, 6) is 0.332. The first-order valence-electron chi connectivity index (χ1n) is 5.06. The van der Waals surface area contributed by atoms with Crippen LogP contribution < -0.4 is 0 Å². The second-order valence-corrected chi connectivity index (χ2v) is 4.58. The SMILES string of the molecule is CCc1cccc(Br)c1C[C@@H](C)CO. The van der Waals surface area contributed by atoms with Crippen molar-refractivity contribution in [3.8, 4) is 0 Å². The van der Waals surface area contributed by atoms with Gasteiger partial charge in [-0.1, -0.05) is 41.9 Å². The van der Waals surface area contributed by atoms with E-state index < -0.39 is 0 Å². The van der Waals surface area contributed by atoms with E-state index in [9.17, 15) is 0 Å². The van der Waals surface area contributed by atoms with Crippen LogP contribution in [0.5, 0.6) is 0 Å². The van der Waals surface area contributed by atoms with Gasteiger partial charge in [-0.05, 0) is 36.0 Å². The van der Waals surface area contributed by atoms with Crippen LogP contribution in [0.4, 0.5) is 0 Å². The van der Waals surface area contributed by atoms with Gasteiger partial charge in [0.05, 0.1) is 0 Å². The number of rotatable bonds is 4. The summed E-state index contributed by atoms with van der Waals surface area (Å²) in [4.78, 5) is 0. The normalized spacial score (nSPS) is 12.9. The molecule has 0 saturated heterocycles. The molecular formula is C12H17BrO. The van der Waals surface area contributed by atoms with E-state index >= 15 is 0 Å². The number of halogens is 1. The lowest BCUT2D eigenvalue weighted by Crippen LogP contribution is -2.07. The second-order valence-electron chi connectivity index (χ2n) is 3.72. The van der Waals surface area contributed by atoms with E-state index in [0.29, 0.717) is 5.92 Å². The molecule has 1 rings (SSSR count). The fourth-order valence-electron chi connectivity index (χ4n) is 1.58. The molecule has 0 unspecified atom stereocenters. The molecule has 0 aliphatic rings. The third-order valence-corrected chi connectivity index (χ3v) is 3.20. The molecule has 0 aliphatic carbocycles. The minimum atomic E-state index is 0.254. The number of aliphatic hydroxyl groups is 1. The van der Waals surface area contributed by atoms with Gasteiger partial charge in [-0.2, -0.15) is 0 Å². The van der Waals surface area contributed by atoms with Gasteiger partial charge in [-0.25, -0.2) is 0 Å². The molecule has 1 aromatic rings. The molecule has 2 heteroatoms. The van der Waals surface area contributed by atoms with Gasteiger partial charge in [0.2, 0.25) is 0 Å². The summed E-state index contributed by atoms with van der Waals surface area (Å²) in [5, 5.41) is 9.04. The maximum atomic E-state index is 9.04. The van der Waals surface area contributed by atoms with Crippen molar-refractivity contribution in [3.63, 3.8) is 0 Å². The Balaban J connectivity index is 2.92. The Morgan fingerprint density at radius 3 is 2.71 bits per heavy atom. The molecule has 0 aromatic heterocycles. The fourth-order valence-corrected chi connectivity index (χ4v) is 2.15. The lowest BCUT2D eigenvalue weighted by Gasteiger charge is -2.13. The second kappa shape index (κ2) is 5.52. The molecule has 1 atom stereocenters. The van der Waals surface area contributed by atoms with Gasteiger partial charge in [-0.3, -0.25) is 0 Å². The van der Waals surface area contributed by atoms with Crippen LogP contribution in [0.1, 0.15) is 25.0 Å². The monoisotopic (exact) mass is 256 g/mol. The summed E-state index contributed by atoms with van der Waals surface area (Å²) in [5.41, 5.74) is 2.72. The largest absolute Gasteiger partial charge is 0.396 e. The van der Waals surface area contributed by atoms with Crippen LogP contribution in [0.15, 0.2) is 22.7 Å². The number of aliphatic hydroxyl groups excluding tert-OH is 1. The highest BCUT2D eigenvalue weighted by atomic mass is 79.9. The lowest BCUT2D eigenvalue weighted by atomic mass is 9.96. The van der Waals surface area contributed by atoms with Crippen LogP contribution in [-0.4, -0.2) is 11.7 Å². The molecule has 0 spiro atoms. The van der Waals surface area contributed by atoms with Crippen LogP contribution >= 0.6 is 15.9 Å². The quantitative estimate of drug-likeness (QED) is 0.878. The van der Waals surface area contributed by atoms with Gasteiger partial charge in [-0.15, -0.1) is 0 Å². The van der Waals surface area contributed by atoms with Crippen molar-refractivity contribution in [2.24, 2.45) is 5.92 Å². The molecule has 0 amide bonds. The highest BCUT2D eigenvalue weighted by molar-refractivity contribution is 9.10. The zero-order valence-electron chi connectivity index (χ0n) is 8.76. The molecule has 14 heavy (non-hydrogen) atoms. The maximum Gasteiger partial charge on any atom is 0.0459 e. The number of benzene rings is 1. The molecule has 78 valence electrons. The van der Waals surface area contributed by atoms with Crippen LogP contribution in [0.2, 0.25) is 0 Å². The minimum absolute atomic E-state index is 0.254. The number of hydrogen-bond acceptors (Lipinski definition) is 1. The Morgan fingerprint density at radius 1 is 1.43 bits per heavy atom. The molecule has 1 nitrogen and oxygen atoms in total. The molecule has 0 bridgehead atoms. The summed E-state index contributed by atoms with van der Waals surface area (Å²) in [7, 11) is 0. The highest BCUT2D eigenvalue weighted by Gasteiger charge is 2.09. The maximum absolute atomic E-state index is 9.04. The number of aryl methyl sites for hydroxylation is 1. The van der Waals surface area contributed by atoms with Gasteiger partial charge in [0.25, 0.3) is 0 Å². The minimum Gasteiger partial charge on any atom is -0.396 e.